The van der Waals surface area contributed by atoms with Gasteiger partial charge in [-0.3, -0.25) is 9.13 Å². The molecule has 18 heavy (non-hydrogen) atoms. The van der Waals surface area contributed by atoms with Crippen molar-refractivity contribution in [2.75, 3.05) is 11.5 Å². The maximum atomic E-state index is 10.7. The van der Waals surface area contributed by atoms with Crippen LogP contribution in [0.5, 0.6) is 0 Å². The second-order valence-electron chi connectivity index (χ2n) is 3.53. The Hall–Kier alpha value is 0.920. The van der Waals surface area contributed by atoms with E-state index in [1.54, 1.807) is 0 Å². The van der Waals surface area contributed by atoms with Gasteiger partial charge in [0.25, 0.3) is 0 Å². The summed E-state index contributed by atoms with van der Waals surface area (Å²) in [7, 11) is -5.77. The first-order valence-corrected chi connectivity index (χ1v) is 10.8. The van der Waals surface area contributed by atoms with Gasteiger partial charge in [0, 0.05) is 11.5 Å². The van der Waals surface area contributed by atoms with E-state index in [4.69, 9.17) is 31.0 Å². The van der Waals surface area contributed by atoms with Crippen molar-refractivity contribution in [1.29, 1.82) is 0 Å². The molecule has 110 valence electrons. The molecule has 0 saturated heterocycles. The monoisotopic (exact) mass is 340 g/mol. The molecular formula is C6H18N2O6P2S2. The van der Waals surface area contributed by atoms with Gasteiger partial charge in [0.2, 0.25) is 0 Å². The zero-order valence-corrected chi connectivity index (χ0v) is 12.9. The highest BCUT2D eigenvalue weighted by molar-refractivity contribution is 8.76. The molecule has 0 spiro atoms. The molecule has 0 aromatic rings. The maximum Gasteiger partial charge on any atom is 0.342 e. The van der Waals surface area contributed by atoms with Crippen LogP contribution in [0.2, 0.25) is 0 Å². The molecule has 2 atom stereocenters. The SMILES string of the molecule is N[C@H](CCSSCC[C@H](N)P(=O)(O)O)P(=O)(O)O. The number of hydrogen-bond acceptors (Lipinski definition) is 6. The summed E-state index contributed by atoms with van der Waals surface area (Å²) in [5.41, 5.74) is 10.5. The average molecular weight is 340 g/mol. The molecule has 0 aliphatic heterocycles. The summed E-state index contributed by atoms with van der Waals surface area (Å²) in [5.74, 6) is -1.43. The second-order valence-corrected chi connectivity index (χ2v) is 9.92. The fourth-order valence-corrected chi connectivity index (χ4v) is 4.29. The molecule has 0 amide bonds. The van der Waals surface area contributed by atoms with Gasteiger partial charge in [-0.05, 0) is 12.8 Å². The lowest BCUT2D eigenvalue weighted by Crippen LogP contribution is -2.21. The molecule has 0 unspecified atom stereocenters. The summed E-state index contributed by atoms with van der Waals surface area (Å²) in [6, 6.07) is 0. The van der Waals surface area contributed by atoms with Crippen molar-refractivity contribution in [2.45, 2.75) is 24.4 Å². The molecule has 0 bridgehead atoms. The molecule has 0 aliphatic carbocycles. The normalized spacial score (nSPS) is 16.6. The standard InChI is InChI=1S/C6H18N2O6P2S2/c7-5(15(9,10)11)1-3-17-18-4-2-6(8)16(12,13)14/h5-6H,1-4,7-8H2,(H2,9,10,11)(H2,12,13,14)/t5-,6+. The molecule has 8 nitrogen and oxygen atoms in total. The highest BCUT2D eigenvalue weighted by atomic mass is 33.1. The van der Waals surface area contributed by atoms with Crippen molar-refractivity contribution in [3.8, 4) is 0 Å². The Kier molecular flexibility index (Phi) is 8.68. The molecule has 0 fully saturated rings. The van der Waals surface area contributed by atoms with E-state index < -0.39 is 26.8 Å². The first-order chi connectivity index (χ1) is 8.05. The molecule has 0 saturated carbocycles. The van der Waals surface area contributed by atoms with Gasteiger partial charge in [0.15, 0.2) is 0 Å². The summed E-state index contributed by atoms with van der Waals surface area (Å²) >= 11 is 0. The van der Waals surface area contributed by atoms with Gasteiger partial charge in [-0.25, -0.2) is 0 Å². The summed E-state index contributed by atoms with van der Waals surface area (Å²) in [6.45, 7) is 0. The summed E-state index contributed by atoms with van der Waals surface area (Å²) in [5, 5.41) is 0. The van der Waals surface area contributed by atoms with Crippen LogP contribution in [-0.2, 0) is 9.13 Å². The van der Waals surface area contributed by atoms with Crippen LogP contribution in [0.25, 0.3) is 0 Å². The largest absolute Gasteiger partial charge is 0.342 e. The molecule has 0 aromatic heterocycles. The number of rotatable bonds is 9. The van der Waals surface area contributed by atoms with Crippen molar-refractivity contribution in [3.05, 3.63) is 0 Å². The minimum absolute atomic E-state index is 0.173. The van der Waals surface area contributed by atoms with E-state index in [0.717, 1.165) is 0 Å². The Labute approximate surface area is 113 Å². The first kappa shape index (κ1) is 18.9. The van der Waals surface area contributed by atoms with E-state index in [-0.39, 0.29) is 12.8 Å². The van der Waals surface area contributed by atoms with Gasteiger partial charge in [0.05, 0.1) is 0 Å². The summed E-state index contributed by atoms with van der Waals surface area (Å²) in [4.78, 5) is 34.9. The van der Waals surface area contributed by atoms with Crippen LogP contribution in [0.1, 0.15) is 12.8 Å². The van der Waals surface area contributed by atoms with E-state index in [0.29, 0.717) is 11.5 Å². The summed E-state index contributed by atoms with van der Waals surface area (Å²) in [6.07, 6.45) is 0.346. The average Bonchev–Trinajstić information content (AvgIpc) is 2.19. The van der Waals surface area contributed by atoms with E-state index in [2.05, 4.69) is 0 Å². The Morgan fingerprint density at radius 1 is 0.833 bits per heavy atom. The smallest absolute Gasteiger partial charge is 0.323 e. The topological polar surface area (TPSA) is 167 Å². The Morgan fingerprint density at radius 2 is 1.11 bits per heavy atom. The minimum Gasteiger partial charge on any atom is -0.323 e. The quantitative estimate of drug-likeness (QED) is 0.192. The fraction of sp³-hybridized carbons (Fsp3) is 1.00. The lowest BCUT2D eigenvalue weighted by Gasteiger charge is -2.13. The maximum absolute atomic E-state index is 10.7. The van der Waals surface area contributed by atoms with Crippen LogP contribution in [0, 0.1) is 0 Å². The van der Waals surface area contributed by atoms with Crippen LogP contribution in [0.3, 0.4) is 0 Å². The Bertz CT molecular complexity index is 302. The van der Waals surface area contributed by atoms with Crippen molar-refractivity contribution >= 4 is 36.8 Å². The lowest BCUT2D eigenvalue weighted by molar-refractivity contribution is 0.355. The number of hydrogen-bond donors (Lipinski definition) is 6. The van der Waals surface area contributed by atoms with Gasteiger partial charge in [-0.2, -0.15) is 0 Å². The first-order valence-electron chi connectivity index (χ1n) is 4.91. The van der Waals surface area contributed by atoms with Gasteiger partial charge in [0.1, 0.15) is 11.6 Å². The molecule has 12 heteroatoms. The van der Waals surface area contributed by atoms with Crippen molar-refractivity contribution in [3.63, 3.8) is 0 Å². The van der Waals surface area contributed by atoms with Crippen molar-refractivity contribution in [2.24, 2.45) is 11.5 Å². The molecular weight excluding hydrogens is 322 g/mol. The van der Waals surface area contributed by atoms with Crippen LogP contribution in [0.4, 0.5) is 0 Å². The van der Waals surface area contributed by atoms with Crippen LogP contribution >= 0.6 is 36.8 Å². The number of nitrogens with two attached hydrogens (primary N) is 2. The van der Waals surface area contributed by atoms with Crippen LogP contribution < -0.4 is 11.5 Å². The highest BCUT2D eigenvalue weighted by Crippen LogP contribution is 2.42. The molecule has 0 aromatic carbocycles. The van der Waals surface area contributed by atoms with Gasteiger partial charge < -0.3 is 31.0 Å². The highest BCUT2D eigenvalue weighted by Gasteiger charge is 2.25. The van der Waals surface area contributed by atoms with Gasteiger partial charge >= 0.3 is 15.2 Å². The van der Waals surface area contributed by atoms with E-state index in [9.17, 15) is 9.13 Å². The fourth-order valence-electron chi connectivity index (χ4n) is 0.792. The van der Waals surface area contributed by atoms with E-state index >= 15 is 0 Å². The molecule has 0 heterocycles. The third-order valence-corrected chi connectivity index (χ3v) is 6.66. The third-order valence-electron chi connectivity index (χ3n) is 1.94. The molecule has 8 N–H and O–H groups in total. The van der Waals surface area contributed by atoms with Crippen LogP contribution in [0.15, 0.2) is 0 Å². The zero-order valence-electron chi connectivity index (χ0n) is 9.45. The van der Waals surface area contributed by atoms with Crippen LogP contribution in [-0.4, -0.2) is 42.6 Å². The molecule has 0 aliphatic rings. The lowest BCUT2D eigenvalue weighted by atomic mass is 10.5. The van der Waals surface area contributed by atoms with Crippen molar-refractivity contribution < 1.29 is 28.7 Å². The van der Waals surface area contributed by atoms with Crippen molar-refractivity contribution in [1.82, 2.24) is 0 Å². The predicted octanol–water partition coefficient (Wildman–Crippen LogP) is 0.0730. The minimum atomic E-state index is -4.22. The van der Waals surface area contributed by atoms with Gasteiger partial charge in [-0.15, -0.1) is 0 Å². The second kappa shape index (κ2) is 8.26. The predicted molar refractivity (Wildman–Crippen MR) is 74.2 cm³/mol. The zero-order chi connectivity index (χ0) is 14.4. The Morgan fingerprint density at radius 3 is 1.33 bits per heavy atom. The third kappa shape index (κ3) is 8.92. The molecule has 0 rings (SSSR count). The summed E-state index contributed by atoms with van der Waals surface area (Å²) < 4.78 is 21.4. The Balaban J connectivity index is 3.59. The van der Waals surface area contributed by atoms with E-state index in [1.165, 1.54) is 21.6 Å². The van der Waals surface area contributed by atoms with E-state index in [1.807, 2.05) is 0 Å². The molecule has 0 radical (unpaired) electrons. The van der Waals surface area contributed by atoms with Gasteiger partial charge in [-0.1, -0.05) is 21.6 Å².